The molecule has 0 bridgehead atoms. The topological polar surface area (TPSA) is 99.8 Å². The summed E-state index contributed by atoms with van der Waals surface area (Å²) in [6, 6.07) is 5.13. The third-order valence-electron chi connectivity index (χ3n) is 3.40. The smallest absolute Gasteiger partial charge is 0.381 e. The van der Waals surface area contributed by atoms with Crippen molar-refractivity contribution in [2.75, 3.05) is 19.8 Å². The van der Waals surface area contributed by atoms with E-state index in [1.165, 1.54) is 24.3 Å². The molecule has 1 heterocycles. The Labute approximate surface area is 135 Å². The van der Waals surface area contributed by atoms with Crippen LogP contribution in [0.2, 0.25) is 0 Å². The van der Waals surface area contributed by atoms with Gasteiger partial charge in [0.2, 0.25) is 0 Å². The molecule has 0 fully saturated rings. The molecule has 0 atom stereocenters. The summed E-state index contributed by atoms with van der Waals surface area (Å²) in [7, 11) is 0. The number of Topliss-reactive ketones (excluding diaryl/α,β-unsaturated/α-hetero) is 1. The van der Waals surface area contributed by atoms with Crippen LogP contribution in [0.3, 0.4) is 0 Å². The maximum atomic E-state index is 12.9. The maximum absolute atomic E-state index is 12.9. The van der Waals surface area contributed by atoms with Gasteiger partial charge in [0, 0.05) is 35.6 Å². The third-order valence-corrected chi connectivity index (χ3v) is 3.40. The normalized spacial score (nSPS) is 15.0. The molecule has 24 heavy (non-hydrogen) atoms. The Kier molecular flexibility index (Phi) is 5.53. The molecule has 0 aromatic heterocycles. The lowest BCUT2D eigenvalue weighted by molar-refractivity contribution is -0.166. The molecular formula is C14H14F3N5O2. The zero-order valence-corrected chi connectivity index (χ0v) is 12.5. The van der Waals surface area contributed by atoms with Gasteiger partial charge in [-0.1, -0.05) is 29.4 Å². The predicted octanol–water partition coefficient (Wildman–Crippen LogP) is 4.16. The summed E-state index contributed by atoms with van der Waals surface area (Å²) in [5.74, 6) is -0.189. The number of benzene rings is 1. The van der Waals surface area contributed by atoms with Crippen LogP contribution in [-0.2, 0) is 10.4 Å². The highest BCUT2D eigenvalue weighted by Gasteiger charge is 2.65. The van der Waals surface area contributed by atoms with E-state index in [9.17, 15) is 18.0 Å². The van der Waals surface area contributed by atoms with Crippen molar-refractivity contribution in [2.24, 2.45) is 15.3 Å². The standard InChI is InChI=1S/C14H14F3N5O2/c15-14(16,17)13(20-21-13)11-5-3-10(4-6-11)12(23)2-1-8-24-9-7-19-22-18/h3-6H,1-2,7-9H2. The van der Waals surface area contributed by atoms with E-state index >= 15 is 0 Å². The van der Waals surface area contributed by atoms with Gasteiger partial charge in [0.1, 0.15) is 0 Å². The van der Waals surface area contributed by atoms with Crippen LogP contribution in [0, 0.1) is 0 Å². The quantitative estimate of drug-likeness (QED) is 0.221. The van der Waals surface area contributed by atoms with E-state index in [0.717, 1.165) is 0 Å². The van der Waals surface area contributed by atoms with Crippen molar-refractivity contribution in [3.05, 3.63) is 45.8 Å². The zero-order valence-electron chi connectivity index (χ0n) is 12.5. The van der Waals surface area contributed by atoms with E-state index in [4.69, 9.17) is 10.3 Å². The molecule has 10 heteroatoms. The number of rotatable bonds is 9. The van der Waals surface area contributed by atoms with Crippen LogP contribution in [0.25, 0.3) is 10.4 Å². The average molecular weight is 341 g/mol. The van der Waals surface area contributed by atoms with Crippen LogP contribution in [-0.4, -0.2) is 31.7 Å². The lowest BCUT2D eigenvalue weighted by atomic mass is 9.99. The first-order valence-electron chi connectivity index (χ1n) is 7.14. The summed E-state index contributed by atoms with van der Waals surface area (Å²) < 4.78 is 43.8. The molecule has 1 aromatic rings. The second-order valence-corrected chi connectivity index (χ2v) is 5.04. The number of azide groups is 1. The lowest BCUT2D eigenvalue weighted by Gasteiger charge is -2.14. The van der Waals surface area contributed by atoms with Crippen molar-refractivity contribution in [3.63, 3.8) is 0 Å². The molecule has 1 aliphatic heterocycles. The van der Waals surface area contributed by atoms with Crippen LogP contribution in [0.1, 0.15) is 28.8 Å². The highest BCUT2D eigenvalue weighted by Crippen LogP contribution is 2.52. The zero-order chi connectivity index (χ0) is 17.6. The first kappa shape index (κ1) is 17.9. The van der Waals surface area contributed by atoms with Gasteiger partial charge in [-0.3, -0.25) is 4.79 Å². The average Bonchev–Trinajstić information content (AvgIpc) is 3.35. The van der Waals surface area contributed by atoms with Crippen molar-refractivity contribution in [1.82, 2.24) is 0 Å². The molecule has 0 saturated carbocycles. The van der Waals surface area contributed by atoms with E-state index < -0.39 is 11.8 Å². The van der Waals surface area contributed by atoms with Gasteiger partial charge in [0.05, 0.1) is 6.61 Å². The summed E-state index contributed by atoms with van der Waals surface area (Å²) in [5.41, 5.74) is 5.83. The van der Waals surface area contributed by atoms with Gasteiger partial charge >= 0.3 is 11.8 Å². The second-order valence-electron chi connectivity index (χ2n) is 5.04. The van der Waals surface area contributed by atoms with Crippen LogP contribution in [0.4, 0.5) is 13.2 Å². The van der Waals surface area contributed by atoms with E-state index in [1.54, 1.807) is 0 Å². The van der Waals surface area contributed by atoms with Gasteiger partial charge in [-0.15, -0.1) is 10.2 Å². The van der Waals surface area contributed by atoms with Gasteiger partial charge < -0.3 is 4.74 Å². The van der Waals surface area contributed by atoms with Gasteiger partial charge in [-0.25, -0.2) is 0 Å². The molecule has 0 unspecified atom stereocenters. The SMILES string of the molecule is [N-]=[N+]=NCCOCCCC(=O)c1ccc(C2(C(F)(F)F)N=N2)cc1. The summed E-state index contributed by atoms with van der Waals surface area (Å²) >= 11 is 0. The molecule has 128 valence electrons. The number of ketones is 1. The number of alkyl halides is 3. The fourth-order valence-corrected chi connectivity index (χ4v) is 2.06. The Hall–Kier alpha value is -2.45. The van der Waals surface area contributed by atoms with Gasteiger partial charge in [0.25, 0.3) is 0 Å². The fourth-order valence-electron chi connectivity index (χ4n) is 2.06. The Bertz CT molecular complexity index is 660. The molecule has 0 spiro atoms. The summed E-state index contributed by atoms with van der Waals surface area (Å²) in [4.78, 5) is 14.5. The van der Waals surface area contributed by atoms with E-state index in [1.807, 2.05) is 0 Å². The molecular weight excluding hydrogens is 327 g/mol. The Morgan fingerprint density at radius 2 is 1.92 bits per heavy atom. The van der Waals surface area contributed by atoms with E-state index in [-0.39, 0.29) is 30.9 Å². The second kappa shape index (κ2) is 7.41. The van der Waals surface area contributed by atoms with Crippen LogP contribution in [0.5, 0.6) is 0 Å². The lowest BCUT2D eigenvalue weighted by Crippen LogP contribution is -2.30. The number of halogens is 3. The minimum Gasteiger partial charge on any atom is -0.381 e. The number of nitrogens with zero attached hydrogens (tertiary/aromatic N) is 5. The van der Waals surface area contributed by atoms with Crippen molar-refractivity contribution in [1.29, 1.82) is 0 Å². The first-order valence-corrected chi connectivity index (χ1v) is 7.14. The first-order chi connectivity index (χ1) is 11.4. The van der Waals surface area contributed by atoms with Gasteiger partial charge in [-0.05, 0) is 12.0 Å². The monoisotopic (exact) mass is 341 g/mol. The van der Waals surface area contributed by atoms with Crippen LogP contribution < -0.4 is 0 Å². The molecule has 0 saturated heterocycles. The Balaban J connectivity index is 1.81. The molecule has 1 aromatic carbocycles. The predicted molar refractivity (Wildman–Crippen MR) is 77.4 cm³/mol. The number of hydrogen-bond donors (Lipinski definition) is 0. The molecule has 0 amide bonds. The fraction of sp³-hybridized carbons (Fsp3) is 0.500. The van der Waals surface area contributed by atoms with Crippen molar-refractivity contribution < 1.29 is 22.7 Å². The van der Waals surface area contributed by atoms with Gasteiger partial charge in [-0.2, -0.15) is 13.2 Å². The number of carbonyl (C=O) groups excluding carboxylic acids is 1. The van der Waals surface area contributed by atoms with Crippen molar-refractivity contribution in [2.45, 2.75) is 24.7 Å². The van der Waals surface area contributed by atoms with E-state index in [2.05, 4.69) is 20.3 Å². The molecule has 0 aliphatic carbocycles. The van der Waals surface area contributed by atoms with Crippen molar-refractivity contribution in [3.8, 4) is 0 Å². The van der Waals surface area contributed by atoms with Crippen LogP contribution in [0.15, 0.2) is 39.6 Å². The molecule has 1 aliphatic rings. The number of hydrogen-bond acceptors (Lipinski definition) is 5. The number of ether oxygens (including phenoxy) is 1. The Morgan fingerprint density at radius 3 is 2.46 bits per heavy atom. The minimum absolute atomic E-state index is 0.104. The third kappa shape index (κ3) is 4.09. The highest BCUT2D eigenvalue weighted by atomic mass is 19.4. The molecule has 2 rings (SSSR count). The molecule has 0 N–H and O–H groups in total. The highest BCUT2D eigenvalue weighted by molar-refractivity contribution is 5.96. The summed E-state index contributed by atoms with van der Waals surface area (Å²) in [6.45, 7) is 0.835. The maximum Gasteiger partial charge on any atom is 0.442 e. The van der Waals surface area contributed by atoms with Crippen LogP contribution >= 0.6 is 0 Å². The van der Waals surface area contributed by atoms with Gasteiger partial charge in [0.15, 0.2) is 5.78 Å². The largest absolute Gasteiger partial charge is 0.442 e. The van der Waals surface area contributed by atoms with E-state index in [0.29, 0.717) is 18.6 Å². The molecule has 0 radical (unpaired) electrons. The summed E-state index contributed by atoms with van der Waals surface area (Å²) in [6.07, 6.45) is -3.90. The minimum atomic E-state index is -4.58. The molecule has 7 nitrogen and oxygen atoms in total. The Morgan fingerprint density at radius 1 is 1.25 bits per heavy atom. The summed E-state index contributed by atoms with van der Waals surface area (Å²) in [5, 5.41) is 9.52. The van der Waals surface area contributed by atoms with Crippen molar-refractivity contribution >= 4 is 5.78 Å². The number of carbonyl (C=O) groups is 1.